The summed E-state index contributed by atoms with van der Waals surface area (Å²) in [7, 11) is 3.86. The maximum Gasteiger partial charge on any atom is 0.0915 e. The molecule has 1 saturated heterocycles. The average Bonchev–Trinajstić information content (AvgIpc) is 2.18. The zero-order chi connectivity index (χ0) is 10.2. The zero-order valence-corrected chi connectivity index (χ0v) is 9.29. The first-order chi connectivity index (χ1) is 6.83. The summed E-state index contributed by atoms with van der Waals surface area (Å²) in [6.07, 6.45) is 2.62. The van der Waals surface area contributed by atoms with Crippen molar-refractivity contribution in [3.63, 3.8) is 0 Å². The molecule has 0 aromatic heterocycles. The Morgan fingerprint density at radius 1 is 1.43 bits per heavy atom. The van der Waals surface area contributed by atoms with Crippen molar-refractivity contribution in [1.29, 1.82) is 0 Å². The van der Waals surface area contributed by atoms with E-state index in [1.54, 1.807) is 7.11 Å². The van der Waals surface area contributed by atoms with E-state index in [4.69, 9.17) is 9.57 Å². The quantitative estimate of drug-likeness (QED) is 0.502. The molecule has 1 N–H and O–H groups in total. The summed E-state index contributed by atoms with van der Waals surface area (Å²) in [5, 5.41) is 0. The van der Waals surface area contributed by atoms with E-state index in [1.165, 1.54) is 25.9 Å². The minimum absolute atomic E-state index is 0.624. The number of nitrogens with one attached hydrogen (secondary N) is 1. The van der Waals surface area contributed by atoms with Gasteiger partial charge in [-0.25, -0.2) is 5.48 Å². The van der Waals surface area contributed by atoms with Crippen molar-refractivity contribution in [2.45, 2.75) is 12.8 Å². The average molecular weight is 202 g/mol. The van der Waals surface area contributed by atoms with Crippen molar-refractivity contribution in [3.05, 3.63) is 0 Å². The Labute approximate surface area is 86.5 Å². The minimum atomic E-state index is 0.624. The van der Waals surface area contributed by atoms with E-state index in [-0.39, 0.29) is 0 Å². The molecule has 1 heterocycles. The Morgan fingerprint density at radius 3 is 3.00 bits per heavy atom. The Kier molecular flexibility index (Phi) is 6.10. The number of hydrogen-bond donors (Lipinski definition) is 1. The van der Waals surface area contributed by atoms with E-state index in [0.717, 1.165) is 12.5 Å². The fraction of sp³-hybridized carbons (Fsp3) is 1.00. The Morgan fingerprint density at radius 2 is 2.29 bits per heavy atom. The monoisotopic (exact) mass is 202 g/mol. The van der Waals surface area contributed by atoms with Crippen LogP contribution in [-0.4, -0.2) is 51.9 Å². The molecule has 4 heteroatoms. The van der Waals surface area contributed by atoms with Crippen LogP contribution in [0.25, 0.3) is 0 Å². The third-order valence-corrected chi connectivity index (χ3v) is 2.59. The highest BCUT2D eigenvalue weighted by molar-refractivity contribution is 4.70. The van der Waals surface area contributed by atoms with Gasteiger partial charge in [0.25, 0.3) is 0 Å². The second kappa shape index (κ2) is 7.17. The summed E-state index contributed by atoms with van der Waals surface area (Å²) in [6.45, 7) is 4.65. The van der Waals surface area contributed by atoms with E-state index in [2.05, 4.69) is 17.4 Å². The molecular weight excluding hydrogens is 180 g/mol. The van der Waals surface area contributed by atoms with E-state index < -0.39 is 0 Å². The predicted octanol–water partition coefficient (Wildman–Crippen LogP) is 0.496. The van der Waals surface area contributed by atoms with Gasteiger partial charge in [-0.3, -0.25) is 4.84 Å². The summed E-state index contributed by atoms with van der Waals surface area (Å²) in [5.74, 6) is 0.733. The van der Waals surface area contributed by atoms with Crippen molar-refractivity contribution < 1.29 is 9.57 Å². The molecule has 1 unspecified atom stereocenters. The first-order valence-electron chi connectivity index (χ1n) is 5.35. The summed E-state index contributed by atoms with van der Waals surface area (Å²) in [6, 6.07) is 0. The van der Waals surface area contributed by atoms with Gasteiger partial charge in [0.2, 0.25) is 0 Å². The number of rotatable bonds is 6. The molecule has 0 saturated carbocycles. The zero-order valence-electron chi connectivity index (χ0n) is 9.29. The van der Waals surface area contributed by atoms with Gasteiger partial charge in [-0.05, 0) is 32.4 Å². The number of likely N-dealkylation sites (tertiary alicyclic amines) is 1. The number of hydrogen-bond acceptors (Lipinski definition) is 4. The topological polar surface area (TPSA) is 33.7 Å². The second-order valence-corrected chi connectivity index (χ2v) is 3.96. The molecule has 1 atom stereocenters. The molecule has 0 amide bonds. The van der Waals surface area contributed by atoms with Crippen LogP contribution in [-0.2, 0) is 9.57 Å². The molecule has 0 bridgehead atoms. The van der Waals surface area contributed by atoms with E-state index >= 15 is 0 Å². The van der Waals surface area contributed by atoms with Crippen molar-refractivity contribution >= 4 is 0 Å². The standard InChI is InChI=1S/C10H22N2O2/c1-12-5-3-4-10(9-12)8-11-14-7-6-13-2/h10-11H,3-9H2,1-2H3. The molecule has 14 heavy (non-hydrogen) atoms. The fourth-order valence-electron chi connectivity index (χ4n) is 1.81. The lowest BCUT2D eigenvalue weighted by Gasteiger charge is -2.29. The van der Waals surface area contributed by atoms with Gasteiger partial charge in [-0.1, -0.05) is 0 Å². The van der Waals surface area contributed by atoms with Crippen LogP contribution in [0.1, 0.15) is 12.8 Å². The van der Waals surface area contributed by atoms with Crippen LogP contribution in [0.15, 0.2) is 0 Å². The van der Waals surface area contributed by atoms with Gasteiger partial charge in [0.05, 0.1) is 13.2 Å². The second-order valence-electron chi connectivity index (χ2n) is 3.96. The highest BCUT2D eigenvalue weighted by atomic mass is 16.7. The van der Waals surface area contributed by atoms with Gasteiger partial charge < -0.3 is 9.64 Å². The lowest BCUT2D eigenvalue weighted by Crippen LogP contribution is -2.37. The predicted molar refractivity (Wildman–Crippen MR) is 56.1 cm³/mol. The van der Waals surface area contributed by atoms with Crippen LogP contribution < -0.4 is 5.48 Å². The molecule has 0 spiro atoms. The van der Waals surface area contributed by atoms with Crippen LogP contribution in [0.2, 0.25) is 0 Å². The molecule has 0 radical (unpaired) electrons. The molecule has 1 aliphatic rings. The van der Waals surface area contributed by atoms with Crippen molar-refractivity contribution in [3.8, 4) is 0 Å². The maximum absolute atomic E-state index is 5.22. The van der Waals surface area contributed by atoms with Gasteiger partial charge in [-0.15, -0.1) is 0 Å². The van der Waals surface area contributed by atoms with Crippen LogP contribution in [0, 0.1) is 5.92 Å². The van der Waals surface area contributed by atoms with Crippen molar-refractivity contribution in [2.24, 2.45) is 5.92 Å². The maximum atomic E-state index is 5.22. The molecule has 0 aliphatic carbocycles. The highest BCUT2D eigenvalue weighted by Crippen LogP contribution is 2.13. The Hall–Kier alpha value is -0.160. The smallest absolute Gasteiger partial charge is 0.0915 e. The minimum Gasteiger partial charge on any atom is -0.382 e. The van der Waals surface area contributed by atoms with Crippen molar-refractivity contribution in [1.82, 2.24) is 10.4 Å². The fourth-order valence-corrected chi connectivity index (χ4v) is 1.81. The molecule has 4 nitrogen and oxygen atoms in total. The van der Waals surface area contributed by atoms with Crippen molar-refractivity contribution in [2.75, 3.05) is 47.0 Å². The molecule has 1 fully saturated rings. The Balaban J connectivity index is 1.95. The van der Waals surface area contributed by atoms with Gasteiger partial charge in [0, 0.05) is 20.2 Å². The number of methoxy groups -OCH3 is 1. The SMILES string of the molecule is COCCONCC1CCCN(C)C1. The lowest BCUT2D eigenvalue weighted by molar-refractivity contribution is -0.00365. The van der Waals surface area contributed by atoms with Gasteiger partial charge >= 0.3 is 0 Å². The van der Waals surface area contributed by atoms with Crippen LogP contribution in [0.3, 0.4) is 0 Å². The van der Waals surface area contributed by atoms with Gasteiger partial charge in [0.15, 0.2) is 0 Å². The van der Waals surface area contributed by atoms with Crippen LogP contribution in [0.5, 0.6) is 0 Å². The van der Waals surface area contributed by atoms with Gasteiger partial charge in [-0.2, -0.15) is 0 Å². The van der Waals surface area contributed by atoms with Crippen LogP contribution in [0.4, 0.5) is 0 Å². The summed E-state index contributed by atoms with van der Waals surface area (Å²) in [5.41, 5.74) is 3.00. The first kappa shape index (κ1) is 11.9. The molecule has 1 rings (SSSR count). The normalized spacial score (nSPS) is 24.0. The Bertz CT molecular complexity index is 144. The number of nitrogens with zero attached hydrogens (tertiary/aromatic N) is 1. The van der Waals surface area contributed by atoms with E-state index in [0.29, 0.717) is 13.2 Å². The molecule has 0 aromatic carbocycles. The highest BCUT2D eigenvalue weighted by Gasteiger charge is 2.16. The lowest BCUT2D eigenvalue weighted by atomic mass is 9.99. The summed E-state index contributed by atoms with van der Waals surface area (Å²) < 4.78 is 4.88. The summed E-state index contributed by atoms with van der Waals surface area (Å²) >= 11 is 0. The molecule has 0 aromatic rings. The van der Waals surface area contributed by atoms with E-state index in [9.17, 15) is 0 Å². The largest absolute Gasteiger partial charge is 0.382 e. The van der Waals surface area contributed by atoms with Gasteiger partial charge in [0.1, 0.15) is 0 Å². The molecule has 84 valence electrons. The number of ether oxygens (including phenoxy) is 1. The first-order valence-corrected chi connectivity index (χ1v) is 5.35. The molecule has 1 aliphatic heterocycles. The molecular formula is C10H22N2O2. The van der Waals surface area contributed by atoms with Crippen LogP contribution >= 0.6 is 0 Å². The summed E-state index contributed by atoms with van der Waals surface area (Å²) in [4.78, 5) is 7.60. The third-order valence-electron chi connectivity index (χ3n) is 2.59. The number of piperidine rings is 1. The number of hydroxylamine groups is 1. The third kappa shape index (κ3) is 4.91. The van der Waals surface area contributed by atoms with E-state index in [1.807, 2.05) is 0 Å².